The highest BCUT2D eigenvalue weighted by Crippen LogP contribution is 2.20. The topological polar surface area (TPSA) is 58.6 Å². The van der Waals surface area contributed by atoms with Crippen LogP contribution in [0, 0.1) is 5.82 Å². The fourth-order valence-corrected chi connectivity index (χ4v) is 2.56. The predicted octanol–water partition coefficient (Wildman–Crippen LogP) is 3.75. The van der Waals surface area contributed by atoms with Gasteiger partial charge in [-0.05, 0) is 24.6 Å². The highest BCUT2D eigenvalue weighted by atomic mass is 35.5. The Labute approximate surface area is 156 Å². The first-order chi connectivity index (χ1) is 12.4. The van der Waals surface area contributed by atoms with Crippen LogP contribution in [0.5, 0.6) is 0 Å². The third-order valence-electron chi connectivity index (χ3n) is 3.75. The van der Waals surface area contributed by atoms with Crippen LogP contribution in [0.1, 0.15) is 18.1 Å². The van der Waals surface area contributed by atoms with Gasteiger partial charge in [-0.3, -0.25) is 4.79 Å². The fraction of sp³-hybridized carbons (Fsp3) is 0.263. The lowest BCUT2D eigenvalue weighted by Gasteiger charge is -2.22. The molecule has 0 saturated heterocycles. The van der Waals surface area contributed by atoms with Crippen molar-refractivity contribution in [3.8, 4) is 0 Å². The number of likely N-dealkylation sites (N-methyl/N-ethyl adjacent to an activating group) is 1. The molecule has 0 spiro atoms. The summed E-state index contributed by atoms with van der Waals surface area (Å²) in [4.78, 5) is 25.5. The zero-order chi connectivity index (χ0) is 19.1. The van der Waals surface area contributed by atoms with E-state index in [1.807, 2.05) is 30.3 Å². The van der Waals surface area contributed by atoms with Gasteiger partial charge < -0.3 is 15.0 Å². The van der Waals surface area contributed by atoms with Gasteiger partial charge in [-0.1, -0.05) is 48.0 Å². The van der Waals surface area contributed by atoms with E-state index < -0.39 is 18.0 Å². The highest BCUT2D eigenvalue weighted by Gasteiger charge is 2.21. The Balaban J connectivity index is 1.86. The second kappa shape index (κ2) is 9.20. The molecule has 0 heterocycles. The number of hydrogen-bond donors (Lipinski definition) is 1. The summed E-state index contributed by atoms with van der Waals surface area (Å²) < 4.78 is 18.9. The summed E-state index contributed by atoms with van der Waals surface area (Å²) in [6, 6.07) is 12.7. The molecule has 0 fully saturated rings. The molecule has 2 amide bonds. The molecule has 2 aromatic rings. The van der Waals surface area contributed by atoms with Crippen molar-refractivity contribution in [1.82, 2.24) is 10.2 Å². The van der Waals surface area contributed by atoms with Gasteiger partial charge in [0.25, 0.3) is 0 Å². The molecule has 7 heteroatoms. The first-order valence-corrected chi connectivity index (χ1v) is 8.41. The largest absolute Gasteiger partial charge is 0.445 e. The Hall–Kier alpha value is -2.60. The molecule has 0 aliphatic carbocycles. The molecule has 0 aromatic heterocycles. The number of rotatable bonds is 6. The van der Waals surface area contributed by atoms with Gasteiger partial charge in [0.05, 0.1) is 0 Å². The molecule has 2 aromatic carbocycles. The molecule has 1 atom stereocenters. The van der Waals surface area contributed by atoms with Crippen molar-refractivity contribution in [3.05, 3.63) is 70.5 Å². The average Bonchev–Trinajstić information content (AvgIpc) is 2.63. The normalized spacial score (nSPS) is 11.5. The lowest BCUT2D eigenvalue weighted by Crippen LogP contribution is -2.45. The number of carbonyl (C=O) groups is 2. The summed E-state index contributed by atoms with van der Waals surface area (Å²) in [5, 5.41) is 2.71. The Morgan fingerprint density at radius 1 is 1.19 bits per heavy atom. The molecule has 1 N–H and O–H groups in total. The van der Waals surface area contributed by atoms with Gasteiger partial charge in [-0.15, -0.1) is 0 Å². The molecule has 5 nitrogen and oxygen atoms in total. The molecule has 26 heavy (non-hydrogen) atoms. The maximum absolute atomic E-state index is 13.8. The van der Waals surface area contributed by atoms with E-state index in [-0.39, 0.29) is 29.6 Å². The summed E-state index contributed by atoms with van der Waals surface area (Å²) in [7, 11) is 1.51. The fourth-order valence-electron chi connectivity index (χ4n) is 2.33. The molecular weight excluding hydrogens is 359 g/mol. The van der Waals surface area contributed by atoms with Crippen LogP contribution >= 0.6 is 11.6 Å². The minimum atomic E-state index is -0.825. The van der Waals surface area contributed by atoms with Gasteiger partial charge in [0.2, 0.25) is 5.91 Å². The number of halogens is 2. The van der Waals surface area contributed by atoms with Crippen molar-refractivity contribution < 1.29 is 18.7 Å². The van der Waals surface area contributed by atoms with Crippen LogP contribution in [0.4, 0.5) is 9.18 Å². The van der Waals surface area contributed by atoms with E-state index in [1.54, 1.807) is 6.07 Å². The quantitative estimate of drug-likeness (QED) is 0.832. The summed E-state index contributed by atoms with van der Waals surface area (Å²) in [6.45, 7) is 1.63. The first-order valence-electron chi connectivity index (χ1n) is 8.03. The molecule has 0 saturated carbocycles. The lowest BCUT2D eigenvalue weighted by atomic mass is 10.2. The van der Waals surface area contributed by atoms with Gasteiger partial charge in [-0.2, -0.15) is 0 Å². The number of alkyl carbamates (subject to hydrolysis) is 1. The smallest absolute Gasteiger partial charge is 0.408 e. The predicted molar refractivity (Wildman–Crippen MR) is 97.1 cm³/mol. The van der Waals surface area contributed by atoms with E-state index in [9.17, 15) is 14.0 Å². The minimum absolute atomic E-state index is 0.00454. The second-order valence-corrected chi connectivity index (χ2v) is 6.23. The van der Waals surface area contributed by atoms with Crippen molar-refractivity contribution in [2.75, 3.05) is 7.05 Å². The minimum Gasteiger partial charge on any atom is -0.445 e. The molecule has 0 bridgehead atoms. The summed E-state index contributed by atoms with van der Waals surface area (Å²) >= 11 is 5.97. The molecule has 2 rings (SSSR count). The van der Waals surface area contributed by atoms with Crippen LogP contribution in [-0.2, 0) is 22.7 Å². The van der Waals surface area contributed by atoms with Crippen molar-refractivity contribution in [2.45, 2.75) is 26.1 Å². The maximum Gasteiger partial charge on any atom is 0.408 e. The van der Waals surface area contributed by atoms with E-state index in [1.165, 1.54) is 31.0 Å². The van der Waals surface area contributed by atoms with Crippen LogP contribution in [0.25, 0.3) is 0 Å². The number of hydrogen-bond acceptors (Lipinski definition) is 3. The molecule has 0 aliphatic heterocycles. The van der Waals surface area contributed by atoms with Crippen molar-refractivity contribution >= 4 is 23.6 Å². The van der Waals surface area contributed by atoms with Crippen molar-refractivity contribution in [1.29, 1.82) is 0 Å². The Bertz CT molecular complexity index is 750. The zero-order valence-electron chi connectivity index (χ0n) is 14.5. The van der Waals surface area contributed by atoms with Crippen LogP contribution in [0.2, 0.25) is 5.02 Å². The summed E-state index contributed by atoms with van der Waals surface area (Å²) in [5.74, 6) is -0.874. The Morgan fingerprint density at radius 2 is 1.88 bits per heavy atom. The van der Waals surface area contributed by atoms with Crippen LogP contribution < -0.4 is 5.32 Å². The van der Waals surface area contributed by atoms with Crippen molar-refractivity contribution in [3.63, 3.8) is 0 Å². The third kappa shape index (κ3) is 5.46. The molecule has 0 radical (unpaired) electrons. The third-order valence-corrected chi connectivity index (χ3v) is 4.10. The van der Waals surface area contributed by atoms with Crippen LogP contribution in [-0.4, -0.2) is 30.0 Å². The average molecular weight is 379 g/mol. The number of ether oxygens (including phenoxy) is 1. The Morgan fingerprint density at radius 3 is 2.54 bits per heavy atom. The molecule has 0 unspecified atom stereocenters. The number of nitrogens with zero attached hydrogens (tertiary/aromatic N) is 1. The van der Waals surface area contributed by atoms with Gasteiger partial charge in [0.15, 0.2) is 0 Å². The highest BCUT2D eigenvalue weighted by molar-refractivity contribution is 6.31. The van der Waals surface area contributed by atoms with Crippen LogP contribution in [0.15, 0.2) is 48.5 Å². The number of amides is 2. The summed E-state index contributed by atoms with van der Waals surface area (Å²) in [5.41, 5.74) is 1.07. The Kier molecular flexibility index (Phi) is 6.97. The first kappa shape index (κ1) is 19.7. The number of nitrogens with one attached hydrogen (secondary N) is 1. The number of benzene rings is 2. The van der Waals surface area contributed by atoms with E-state index in [0.717, 1.165) is 5.56 Å². The maximum atomic E-state index is 13.8. The van der Waals surface area contributed by atoms with Crippen LogP contribution in [0.3, 0.4) is 0 Å². The van der Waals surface area contributed by atoms with E-state index in [4.69, 9.17) is 16.3 Å². The number of carbonyl (C=O) groups excluding carboxylic acids is 2. The molecule has 138 valence electrons. The van der Waals surface area contributed by atoms with E-state index >= 15 is 0 Å². The lowest BCUT2D eigenvalue weighted by molar-refractivity contribution is -0.132. The van der Waals surface area contributed by atoms with Gasteiger partial charge in [0, 0.05) is 24.2 Å². The zero-order valence-corrected chi connectivity index (χ0v) is 15.3. The monoisotopic (exact) mass is 378 g/mol. The second-order valence-electron chi connectivity index (χ2n) is 5.82. The van der Waals surface area contributed by atoms with E-state index in [0.29, 0.717) is 0 Å². The molecular formula is C19H20ClFN2O3. The standard InChI is InChI=1S/C19H20ClFN2O3/c1-13(22-19(25)26-12-14-7-4-3-5-8-14)18(24)23(2)11-15-16(20)9-6-10-17(15)21/h3-10,13H,11-12H2,1-2H3,(H,22,25)/t13-/m0/s1. The SMILES string of the molecule is C[C@H](NC(=O)OCc1ccccc1)C(=O)N(C)Cc1c(F)cccc1Cl. The summed E-state index contributed by atoms with van der Waals surface area (Å²) in [6.07, 6.45) is -0.702. The van der Waals surface area contributed by atoms with E-state index in [2.05, 4.69) is 5.32 Å². The van der Waals surface area contributed by atoms with Crippen molar-refractivity contribution in [2.24, 2.45) is 0 Å². The van der Waals surface area contributed by atoms with Gasteiger partial charge in [-0.25, -0.2) is 9.18 Å². The van der Waals surface area contributed by atoms with Gasteiger partial charge >= 0.3 is 6.09 Å². The van der Waals surface area contributed by atoms with Gasteiger partial charge in [0.1, 0.15) is 18.5 Å². The molecule has 0 aliphatic rings.